The second kappa shape index (κ2) is 5.32. The Bertz CT molecular complexity index is 968. The average Bonchev–Trinajstić information content (AvgIpc) is 3.08. The molecule has 4 aromatic rings. The van der Waals surface area contributed by atoms with Gasteiger partial charge < -0.3 is 9.52 Å². The molecule has 0 amide bonds. The third-order valence-electron chi connectivity index (χ3n) is 3.95. The largest absolute Gasteiger partial charge is 0.481 e. The SMILES string of the molecule is Cc1cc(O)oc1-c1nn(Cc2ccccc2)c2ccccc12. The van der Waals surface area contributed by atoms with Gasteiger partial charge in [0.25, 0.3) is 5.95 Å². The molecular formula is C19H16N2O2. The van der Waals surface area contributed by atoms with Gasteiger partial charge in [-0.05, 0) is 18.6 Å². The molecular weight excluding hydrogens is 288 g/mol. The maximum absolute atomic E-state index is 9.61. The zero-order chi connectivity index (χ0) is 15.8. The number of para-hydroxylation sites is 1. The molecule has 23 heavy (non-hydrogen) atoms. The summed E-state index contributed by atoms with van der Waals surface area (Å²) in [5, 5.41) is 15.4. The van der Waals surface area contributed by atoms with Gasteiger partial charge in [-0.3, -0.25) is 4.68 Å². The highest BCUT2D eigenvalue weighted by Gasteiger charge is 2.18. The Morgan fingerprint density at radius 2 is 1.78 bits per heavy atom. The number of aryl methyl sites for hydroxylation is 1. The van der Waals surface area contributed by atoms with Crippen LogP contribution in [-0.2, 0) is 6.54 Å². The van der Waals surface area contributed by atoms with Gasteiger partial charge in [0.15, 0.2) is 5.76 Å². The second-order valence-corrected chi connectivity index (χ2v) is 5.61. The molecule has 0 unspecified atom stereocenters. The van der Waals surface area contributed by atoms with E-state index >= 15 is 0 Å². The van der Waals surface area contributed by atoms with Crippen molar-refractivity contribution in [1.29, 1.82) is 0 Å². The van der Waals surface area contributed by atoms with Crippen LogP contribution >= 0.6 is 0 Å². The summed E-state index contributed by atoms with van der Waals surface area (Å²) in [5.41, 5.74) is 3.86. The van der Waals surface area contributed by atoms with Crippen LogP contribution in [0.3, 0.4) is 0 Å². The Balaban J connectivity index is 1.88. The van der Waals surface area contributed by atoms with Gasteiger partial charge in [0, 0.05) is 17.0 Å². The highest BCUT2D eigenvalue weighted by Crippen LogP contribution is 2.34. The molecule has 0 saturated carbocycles. The van der Waals surface area contributed by atoms with Crippen LogP contribution in [0.1, 0.15) is 11.1 Å². The summed E-state index contributed by atoms with van der Waals surface area (Å²) in [7, 11) is 0. The van der Waals surface area contributed by atoms with Crippen molar-refractivity contribution < 1.29 is 9.52 Å². The third kappa shape index (κ3) is 2.38. The standard InChI is InChI=1S/C19H16N2O2/c1-13-11-17(22)23-19(13)18-15-9-5-6-10-16(15)21(20-18)12-14-7-3-2-4-8-14/h2-11,22H,12H2,1H3. The monoisotopic (exact) mass is 304 g/mol. The van der Waals surface area contributed by atoms with Crippen molar-refractivity contribution in [2.75, 3.05) is 0 Å². The van der Waals surface area contributed by atoms with Crippen molar-refractivity contribution in [2.45, 2.75) is 13.5 Å². The van der Waals surface area contributed by atoms with E-state index in [2.05, 4.69) is 12.1 Å². The molecule has 0 atom stereocenters. The first-order valence-electron chi connectivity index (χ1n) is 7.51. The van der Waals surface area contributed by atoms with Gasteiger partial charge in [0.05, 0.1) is 12.1 Å². The molecule has 0 radical (unpaired) electrons. The summed E-state index contributed by atoms with van der Waals surface area (Å²) in [6, 6.07) is 19.9. The Labute approximate surface area is 133 Å². The van der Waals surface area contributed by atoms with Crippen molar-refractivity contribution in [3.8, 4) is 17.4 Å². The fraction of sp³-hybridized carbons (Fsp3) is 0.105. The number of hydrogen-bond donors (Lipinski definition) is 1. The Hall–Kier alpha value is -3.01. The van der Waals surface area contributed by atoms with E-state index < -0.39 is 0 Å². The summed E-state index contributed by atoms with van der Waals surface area (Å²) < 4.78 is 7.42. The molecule has 0 aliphatic carbocycles. The molecule has 2 aromatic heterocycles. The topological polar surface area (TPSA) is 51.2 Å². The van der Waals surface area contributed by atoms with Crippen molar-refractivity contribution in [2.24, 2.45) is 0 Å². The van der Waals surface area contributed by atoms with Gasteiger partial charge in [-0.25, -0.2) is 0 Å². The Morgan fingerprint density at radius 1 is 1.04 bits per heavy atom. The molecule has 0 saturated heterocycles. The summed E-state index contributed by atoms with van der Waals surface area (Å²) in [6.45, 7) is 2.59. The first-order chi connectivity index (χ1) is 11.2. The van der Waals surface area contributed by atoms with Gasteiger partial charge in [0.1, 0.15) is 5.69 Å². The molecule has 0 aliphatic heterocycles. The molecule has 0 fully saturated rings. The molecule has 4 nitrogen and oxygen atoms in total. The second-order valence-electron chi connectivity index (χ2n) is 5.61. The van der Waals surface area contributed by atoms with Gasteiger partial charge in [-0.1, -0.05) is 48.5 Å². The number of furan rings is 1. The number of rotatable bonds is 3. The fourth-order valence-corrected chi connectivity index (χ4v) is 2.87. The van der Waals surface area contributed by atoms with Crippen LogP contribution in [0, 0.1) is 6.92 Å². The van der Waals surface area contributed by atoms with E-state index in [-0.39, 0.29) is 5.95 Å². The molecule has 1 N–H and O–H groups in total. The summed E-state index contributed by atoms with van der Waals surface area (Å²) in [4.78, 5) is 0. The van der Waals surface area contributed by atoms with Crippen molar-refractivity contribution in [3.05, 3.63) is 71.8 Å². The Morgan fingerprint density at radius 3 is 2.52 bits per heavy atom. The summed E-state index contributed by atoms with van der Waals surface area (Å²) in [5.74, 6) is 0.532. The van der Waals surface area contributed by atoms with Gasteiger partial charge in [0.2, 0.25) is 0 Å². The lowest BCUT2D eigenvalue weighted by molar-refractivity contribution is 0.337. The summed E-state index contributed by atoms with van der Waals surface area (Å²) >= 11 is 0. The van der Waals surface area contributed by atoms with Crippen LogP contribution in [0.4, 0.5) is 0 Å². The van der Waals surface area contributed by atoms with Crippen LogP contribution < -0.4 is 0 Å². The lowest BCUT2D eigenvalue weighted by Crippen LogP contribution is -2.01. The highest BCUT2D eigenvalue weighted by molar-refractivity contribution is 5.92. The zero-order valence-electron chi connectivity index (χ0n) is 12.7. The van der Waals surface area contributed by atoms with Crippen LogP contribution in [0.5, 0.6) is 5.95 Å². The number of benzene rings is 2. The minimum Gasteiger partial charge on any atom is -0.481 e. The Kier molecular flexibility index (Phi) is 3.15. The van der Waals surface area contributed by atoms with Gasteiger partial charge >= 0.3 is 0 Å². The van der Waals surface area contributed by atoms with E-state index in [1.54, 1.807) is 6.07 Å². The lowest BCUT2D eigenvalue weighted by Gasteiger charge is -2.03. The molecule has 2 aromatic carbocycles. The average molecular weight is 304 g/mol. The van der Waals surface area contributed by atoms with E-state index in [9.17, 15) is 5.11 Å². The molecule has 4 heteroatoms. The molecule has 4 rings (SSSR count). The van der Waals surface area contributed by atoms with Crippen LogP contribution in [0.2, 0.25) is 0 Å². The van der Waals surface area contributed by atoms with Crippen molar-refractivity contribution >= 4 is 10.9 Å². The van der Waals surface area contributed by atoms with Crippen LogP contribution in [-0.4, -0.2) is 14.9 Å². The number of aromatic nitrogens is 2. The number of fused-ring (bicyclic) bond motifs is 1. The molecule has 2 heterocycles. The van der Waals surface area contributed by atoms with E-state index in [0.717, 1.165) is 22.2 Å². The van der Waals surface area contributed by atoms with E-state index in [4.69, 9.17) is 9.52 Å². The number of hydrogen-bond acceptors (Lipinski definition) is 3. The first kappa shape index (κ1) is 13.6. The molecule has 0 aliphatic rings. The van der Waals surface area contributed by atoms with Crippen molar-refractivity contribution in [1.82, 2.24) is 9.78 Å². The zero-order valence-corrected chi connectivity index (χ0v) is 12.7. The maximum Gasteiger partial charge on any atom is 0.282 e. The maximum atomic E-state index is 9.61. The van der Waals surface area contributed by atoms with Crippen molar-refractivity contribution in [3.63, 3.8) is 0 Å². The minimum atomic E-state index is -0.0841. The third-order valence-corrected chi connectivity index (χ3v) is 3.95. The predicted octanol–water partition coefficient (Wildman–Crippen LogP) is 4.36. The van der Waals surface area contributed by atoms with E-state index in [1.807, 2.05) is 54.1 Å². The normalized spacial score (nSPS) is 11.2. The fourth-order valence-electron chi connectivity index (χ4n) is 2.87. The predicted molar refractivity (Wildman–Crippen MR) is 89.4 cm³/mol. The smallest absolute Gasteiger partial charge is 0.282 e. The van der Waals surface area contributed by atoms with E-state index in [0.29, 0.717) is 12.3 Å². The van der Waals surface area contributed by atoms with Gasteiger partial charge in [-0.2, -0.15) is 5.10 Å². The lowest BCUT2D eigenvalue weighted by atomic mass is 10.1. The quantitative estimate of drug-likeness (QED) is 0.612. The van der Waals surface area contributed by atoms with Gasteiger partial charge in [-0.15, -0.1) is 0 Å². The first-order valence-corrected chi connectivity index (χ1v) is 7.51. The van der Waals surface area contributed by atoms with E-state index in [1.165, 1.54) is 5.56 Å². The number of nitrogens with zero attached hydrogens (tertiary/aromatic N) is 2. The molecule has 0 spiro atoms. The highest BCUT2D eigenvalue weighted by atomic mass is 16.5. The van der Waals surface area contributed by atoms with Crippen LogP contribution in [0.25, 0.3) is 22.4 Å². The minimum absolute atomic E-state index is 0.0841. The molecule has 114 valence electrons. The number of aromatic hydroxyl groups is 1. The summed E-state index contributed by atoms with van der Waals surface area (Å²) in [6.07, 6.45) is 0. The molecule has 0 bridgehead atoms. The van der Waals surface area contributed by atoms with Crippen LogP contribution in [0.15, 0.2) is 65.1 Å².